The average molecular weight is 360 g/mol. The van der Waals surface area contributed by atoms with Crippen LogP contribution in [0.15, 0.2) is 18.3 Å². The third kappa shape index (κ3) is 5.44. The molecule has 0 bridgehead atoms. The van der Waals surface area contributed by atoms with Gasteiger partial charge in [0, 0.05) is 25.8 Å². The summed E-state index contributed by atoms with van der Waals surface area (Å²) in [6.45, 7) is 6.63. The second-order valence-electron chi connectivity index (χ2n) is 7.99. The maximum atomic E-state index is 12.4. The van der Waals surface area contributed by atoms with Crippen LogP contribution in [0.5, 0.6) is 0 Å². The van der Waals surface area contributed by atoms with Crippen LogP contribution in [0.2, 0.25) is 0 Å². The number of aromatic nitrogens is 1. The largest absolute Gasteiger partial charge is 0.372 e. The van der Waals surface area contributed by atoms with Crippen LogP contribution in [0.4, 0.5) is 5.82 Å². The number of pyridine rings is 1. The number of hydrogen-bond donors (Lipinski definition) is 1. The summed E-state index contributed by atoms with van der Waals surface area (Å²) < 4.78 is 5.77. The Labute approximate surface area is 157 Å². The molecule has 0 spiro atoms. The molecule has 2 atom stereocenters. The van der Waals surface area contributed by atoms with Crippen molar-refractivity contribution >= 4 is 11.7 Å². The maximum absolute atomic E-state index is 12.4. The molecule has 2 fully saturated rings. The number of nitrogens with one attached hydrogen (secondary N) is 1. The Morgan fingerprint density at radius 3 is 2.38 bits per heavy atom. The Bertz CT molecular complexity index is 557. The van der Waals surface area contributed by atoms with Gasteiger partial charge in [-0.15, -0.1) is 0 Å². The van der Waals surface area contributed by atoms with Gasteiger partial charge in [-0.25, -0.2) is 4.98 Å². The highest BCUT2D eigenvalue weighted by Gasteiger charge is 2.23. The monoisotopic (exact) mass is 359 g/mol. The van der Waals surface area contributed by atoms with Crippen molar-refractivity contribution < 1.29 is 9.53 Å². The van der Waals surface area contributed by atoms with Gasteiger partial charge in [-0.3, -0.25) is 4.79 Å². The average Bonchev–Trinajstić information content (AvgIpc) is 2.60. The molecule has 2 aliphatic rings. The lowest BCUT2D eigenvalue weighted by Crippen LogP contribution is -2.45. The van der Waals surface area contributed by atoms with Gasteiger partial charge in [-0.1, -0.05) is 32.1 Å². The van der Waals surface area contributed by atoms with Crippen molar-refractivity contribution in [2.24, 2.45) is 5.92 Å². The Morgan fingerprint density at radius 2 is 1.77 bits per heavy atom. The second kappa shape index (κ2) is 9.36. The van der Waals surface area contributed by atoms with E-state index in [4.69, 9.17) is 4.74 Å². The number of rotatable bonds is 4. The molecule has 1 N–H and O–H groups in total. The zero-order valence-electron chi connectivity index (χ0n) is 16.2. The number of morpholine rings is 1. The quantitative estimate of drug-likeness (QED) is 0.889. The molecule has 2 heterocycles. The molecular formula is C21H33N3O2. The third-order valence-corrected chi connectivity index (χ3v) is 5.53. The molecule has 1 aliphatic carbocycles. The molecule has 1 aliphatic heterocycles. The summed E-state index contributed by atoms with van der Waals surface area (Å²) in [5.74, 6) is 1.54. The Kier molecular flexibility index (Phi) is 6.89. The number of ether oxygens (including phenoxy) is 1. The highest BCUT2D eigenvalue weighted by atomic mass is 16.5. The van der Waals surface area contributed by atoms with Gasteiger partial charge < -0.3 is 15.0 Å². The molecular weight excluding hydrogens is 326 g/mol. The van der Waals surface area contributed by atoms with E-state index in [0.717, 1.165) is 25.5 Å². The van der Waals surface area contributed by atoms with Crippen molar-refractivity contribution in [3.8, 4) is 0 Å². The van der Waals surface area contributed by atoms with Crippen LogP contribution in [0.3, 0.4) is 0 Å². The van der Waals surface area contributed by atoms with Gasteiger partial charge in [-0.2, -0.15) is 0 Å². The van der Waals surface area contributed by atoms with Crippen LogP contribution in [-0.2, 0) is 4.74 Å². The fraction of sp³-hybridized carbons (Fsp3) is 0.714. The van der Waals surface area contributed by atoms with Crippen LogP contribution >= 0.6 is 0 Å². The summed E-state index contributed by atoms with van der Waals surface area (Å²) in [7, 11) is 0. The summed E-state index contributed by atoms with van der Waals surface area (Å²) in [4.78, 5) is 19.2. The molecule has 0 unspecified atom stereocenters. The summed E-state index contributed by atoms with van der Waals surface area (Å²) in [6.07, 6.45) is 11.2. The third-order valence-electron chi connectivity index (χ3n) is 5.53. The van der Waals surface area contributed by atoms with Gasteiger partial charge in [0.2, 0.25) is 0 Å². The van der Waals surface area contributed by atoms with Crippen LogP contribution in [0.1, 0.15) is 69.2 Å². The molecule has 0 radical (unpaired) electrons. The number of hydrogen-bond acceptors (Lipinski definition) is 4. The van der Waals surface area contributed by atoms with E-state index in [1.165, 1.54) is 44.9 Å². The van der Waals surface area contributed by atoms with Crippen molar-refractivity contribution in [1.82, 2.24) is 10.3 Å². The number of amides is 1. The van der Waals surface area contributed by atoms with Crippen LogP contribution in [0.25, 0.3) is 0 Å². The maximum Gasteiger partial charge on any atom is 0.252 e. The number of nitrogens with zero attached hydrogens (tertiary/aromatic N) is 2. The normalized spacial score (nSPS) is 25.4. The molecule has 5 heteroatoms. The molecule has 0 aromatic carbocycles. The van der Waals surface area contributed by atoms with Gasteiger partial charge in [0.15, 0.2) is 0 Å². The minimum Gasteiger partial charge on any atom is -0.372 e. The van der Waals surface area contributed by atoms with Crippen molar-refractivity contribution in [3.63, 3.8) is 0 Å². The predicted molar refractivity (Wildman–Crippen MR) is 105 cm³/mol. The van der Waals surface area contributed by atoms with Gasteiger partial charge in [0.25, 0.3) is 5.91 Å². The molecule has 144 valence electrons. The first kappa shape index (κ1) is 19.2. The van der Waals surface area contributed by atoms with Crippen LogP contribution < -0.4 is 10.2 Å². The second-order valence-corrected chi connectivity index (χ2v) is 7.99. The topological polar surface area (TPSA) is 54.5 Å². The van der Waals surface area contributed by atoms with Crippen molar-refractivity contribution in [2.75, 3.05) is 24.5 Å². The fourth-order valence-electron chi connectivity index (χ4n) is 4.16. The number of anilines is 1. The SMILES string of the molecule is C[C@@H]1CN(c2ccc(C(=O)NCC3CCCCCCC3)cn2)C[C@@H](C)O1. The Balaban J connectivity index is 1.51. The van der Waals surface area contributed by atoms with Gasteiger partial charge in [-0.05, 0) is 44.7 Å². The van der Waals surface area contributed by atoms with E-state index in [-0.39, 0.29) is 18.1 Å². The first-order valence-electron chi connectivity index (χ1n) is 10.3. The van der Waals surface area contributed by atoms with Crippen molar-refractivity contribution in [2.45, 2.75) is 71.0 Å². The Morgan fingerprint density at radius 1 is 1.12 bits per heavy atom. The number of carbonyl (C=O) groups excluding carboxylic acids is 1. The standard InChI is InChI=1S/C21H33N3O2/c1-16-14-24(15-17(2)26-16)20-11-10-19(13-22-20)21(25)23-12-18-8-6-4-3-5-7-9-18/h10-11,13,16-18H,3-9,12,14-15H2,1-2H3,(H,23,25)/t16-,17-/m1/s1. The molecule has 26 heavy (non-hydrogen) atoms. The van der Waals surface area contributed by atoms with E-state index in [1.54, 1.807) is 6.20 Å². The molecule has 1 saturated heterocycles. The summed E-state index contributed by atoms with van der Waals surface area (Å²) in [5.41, 5.74) is 0.647. The summed E-state index contributed by atoms with van der Waals surface area (Å²) in [6, 6.07) is 3.84. The van der Waals surface area contributed by atoms with E-state index in [9.17, 15) is 4.79 Å². The Hall–Kier alpha value is -1.62. The highest BCUT2D eigenvalue weighted by molar-refractivity contribution is 5.94. The first-order chi connectivity index (χ1) is 12.6. The molecule has 1 saturated carbocycles. The smallest absolute Gasteiger partial charge is 0.252 e. The minimum atomic E-state index is -0.00479. The molecule has 1 aromatic rings. The van der Waals surface area contributed by atoms with Crippen molar-refractivity contribution in [1.29, 1.82) is 0 Å². The fourth-order valence-corrected chi connectivity index (χ4v) is 4.16. The van der Waals surface area contributed by atoms with E-state index in [1.807, 2.05) is 12.1 Å². The van der Waals surface area contributed by atoms with Crippen LogP contribution in [-0.4, -0.2) is 42.7 Å². The lowest BCUT2D eigenvalue weighted by Gasteiger charge is -2.36. The van der Waals surface area contributed by atoms with Crippen molar-refractivity contribution in [3.05, 3.63) is 23.9 Å². The zero-order valence-corrected chi connectivity index (χ0v) is 16.2. The van der Waals surface area contributed by atoms with Crippen LogP contribution in [0, 0.1) is 5.92 Å². The van der Waals surface area contributed by atoms with E-state index in [2.05, 4.69) is 29.0 Å². The van der Waals surface area contributed by atoms with Gasteiger partial charge in [0.05, 0.1) is 17.8 Å². The van der Waals surface area contributed by atoms with E-state index in [0.29, 0.717) is 11.5 Å². The molecule has 1 aromatic heterocycles. The lowest BCUT2D eigenvalue weighted by molar-refractivity contribution is -0.00546. The van der Waals surface area contributed by atoms with E-state index < -0.39 is 0 Å². The highest BCUT2D eigenvalue weighted by Crippen LogP contribution is 2.22. The predicted octanol–water partition coefficient (Wildman–Crippen LogP) is 3.79. The molecule has 3 rings (SSSR count). The first-order valence-corrected chi connectivity index (χ1v) is 10.3. The summed E-state index contributed by atoms with van der Waals surface area (Å²) >= 11 is 0. The van der Waals surface area contributed by atoms with E-state index >= 15 is 0 Å². The number of carbonyl (C=O) groups is 1. The molecule has 5 nitrogen and oxygen atoms in total. The lowest BCUT2D eigenvalue weighted by atomic mass is 9.91. The zero-order chi connectivity index (χ0) is 18.4. The minimum absolute atomic E-state index is 0.00479. The molecule has 1 amide bonds. The van der Waals surface area contributed by atoms with Gasteiger partial charge >= 0.3 is 0 Å². The van der Waals surface area contributed by atoms with Gasteiger partial charge in [0.1, 0.15) is 5.82 Å². The summed E-state index contributed by atoms with van der Waals surface area (Å²) in [5, 5.41) is 3.12.